The summed E-state index contributed by atoms with van der Waals surface area (Å²) in [5.74, 6) is 0. The van der Waals surface area contributed by atoms with Crippen molar-refractivity contribution in [2.24, 2.45) is 0 Å². The summed E-state index contributed by atoms with van der Waals surface area (Å²) in [7, 11) is 0. The van der Waals surface area contributed by atoms with Crippen molar-refractivity contribution in [2.75, 3.05) is 0 Å². The van der Waals surface area contributed by atoms with Gasteiger partial charge < -0.3 is 5.11 Å². The van der Waals surface area contributed by atoms with E-state index >= 15 is 0 Å². The summed E-state index contributed by atoms with van der Waals surface area (Å²) in [6.45, 7) is 5.59. The van der Waals surface area contributed by atoms with Gasteiger partial charge in [0.1, 0.15) is 0 Å². The van der Waals surface area contributed by atoms with Crippen molar-refractivity contribution >= 4 is 0 Å². The maximum absolute atomic E-state index is 13.3. The van der Waals surface area contributed by atoms with Crippen molar-refractivity contribution in [3.8, 4) is 11.1 Å². The van der Waals surface area contributed by atoms with Crippen molar-refractivity contribution in [2.45, 2.75) is 45.4 Å². The number of aliphatic hydroxyl groups is 1. The fraction of sp³-hybridized carbons (Fsp3) is 0.368. The standard InChI is InChI=1S/C19H21F3O/c1-4-11-18(23,19(20,21)22)16-8-6-15(7-9-16)17-10-5-13(2)12-14(17)3/h5-10,12,23H,4,11H2,1-3H3. The van der Waals surface area contributed by atoms with Gasteiger partial charge in [-0.25, -0.2) is 0 Å². The van der Waals surface area contributed by atoms with Gasteiger partial charge in [0.15, 0.2) is 5.60 Å². The maximum atomic E-state index is 13.3. The molecule has 1 nitrogen and oxygen atoms in total. The molecule has 0 aliphatic heterocycles. The van der Waals surface area contributed by atoms with Crippen LogP contribution in [-0.4, -0.2) is 11.3 Å². The normalized spacial score (nSPS) is 14.6. The topological polar surface area (TPSA) is 20.2 Å². The molecule has 0 aromatic heterocycles. The summed E-state index contributed by atoms with van der Waals surface area (Å²) < 4.78 is 39.8. The first-order valence-electron chi connectivity index (χ1n) is 7.66. The Kier molecular flexibility index (Phi) is 4.85. The highest BCUT2D eigenvalue weighted by molar-refractivity contribution is 5.68. The molecule has 0 radical (unpaired) electrons. The van der Waals surface area contributed by atoms with Crippen molar-refractivity contribution < 1.29 is 18.3 Å². The molecule has 1 unspecified atom stereocenters. The van der Waals surface area contributed by atoms with E-state index in [9.17, 15) is 18.3 Å². The van der Waals surface area contributed by atoms with Crippen molar-refractivity contribution in [1.29, 1.82) is 0 Å². The van der Waals surface area contributed by atoms with E-state index in [1.165, 1.54) is 12.1 Å². The van der Waals surface area contributed by atoms with Crippen LogP contribution in [0.3, 0.4) is 0 Å². The van der Waals surface area contributed by atoms with Gasteiger partial charge in [-0.3, -0.25) is 0 Å². The summed E-state index contributed by atoms with van der Waals surface area (Å²) in [5.41, 5.74) is 1.12. The Morgan fingerprint density at radius 3 is 2.04 bits per heavy atom. The molecule has 0 bridgehead atoms. The van der Waals surface area contributed by atoms with Crippen LogP contribution in [0.15, 0.2) is 42.5 Å². The number of alkyl halides is 3. The monoisotopic (exact) mass is 322 g/mol. The molecule has 23 heavy (non-hydrogen) atoms. The molecule has 2 rings (SSSR count). The molecular weight excluding hydrogens is 301 g/mol. The molecule has 0 fully saturated rings. The molecule has 124 valence electrons. The molecule has 0 saturated heterocycles. The first-order chi connectivity index (χ1) is 10.7. The minimum Gasteiger partial charge on any atom is -0.376 e. The summed E-state index contributed by atoms with van der Waals surface area (Å²) in [6, 6.07) is 12.0. The number of halogens is 3. The fourth-order valence-corrected chi connectivity index (χ4v) is 2.87. The number of aryl methyl sites for hydroxylation is 2. The molecule has 2 aromatic rings. The van der Waals surface area contributed by atoms with Crippen LogP contribution in [0.1, 0.15) is 36.5 Å². The highest BCUT2D eigenvalue weighted by Crippen LogP contribution is 2.42. The van der Waals surface area contributed by atoms with Crippen molar-refractivity contribution in [3.05, 3.63) is 59.2 Å². The zero-order valence-corrected chi connectivity index (χ0v) is 13.5. The van der Waals surface area contributed by atoms with Crippen LogP contribution in [0, 0.1) is 13.8 Å². The summed E-state index contributed by atoms with van der Waals surface area (Å²) >= 11 is 0. The molecule has 0 aliphatic carbocycles. The smallest absolute Gasteiger partial charge is 0.376 e. The second kappa shape index (κ2) is 6.36. The molecule has 1 N–H and O–H groups in total. The Bertz CT molecular complexity index is 674. The molecule has 0 spiro atoms. The molecule has 0 amide bonds. The SMILES string of the molecule is CCCC(O)(c1ccc(-c2ccc(C)cc2C)cc1)C(F)(F)F. The van der Waals surface area contributed by atoms with Crippen LogP contribution in [0.2, 0.25) is 0 Å². The minimum absolute atomic E-state index is 0.111. The van der Waals surface area contributed by atoms with Crippen LogP contribution >= 0.6 is 0 Å². The fourth-order valence-electron chi connectivity index (χ4n) is 2.87. The van der Waals surface area contributed by atoms with Gasteiger partial charge in [-0.15, -0.1) is 0 Å². The third-order valence-corrected chi connectivity index (χ3v) is 4.14. The lowest BCUT2D eigenvalue weighted by molar-refractivity contribution is -0.269. The average Bonchev–Trinajstić information content (AvgIpc) is 2.46. The molecule has 1 atom stereocenters. The van der Waals surface area contributed by atoms with Gasteiger partial charge in [-0.2, -0.15) is 13.2 Å². The van der Waals surface area contributed by atoms with Gasteiger partial charge in [-0.1, -0.05) is 61.4 Å². The van der Waals surface area contributed by atoms with Gasteiger partial charge in [0.05, 0.1) is 0 Å². The van der Waals surface area contributed by atoms with Crippen LogP contribution < -0.4 is 0 Å². The highest BCUT2D eigenvalue weighted by Gasteiger charge is 2.54. The van der Waals surface area contributed by atoms with E-state index in [1.807, 2.05) is 32.0 Å². The largest absolute Gasteiger partial charge is 0.421 e. The lowest BCUT2D eigenvalue weighted by Gasteiger charge is -2.31. The van der Waals surface area contributed by atoms with E-state index in [0.717, 1.165) is 22.3 Å². The van der Waals surface area contributed by atoms with Gasteiger partial charge in [0.25, 0.3) is 0 Å². The molecule has 0 aliphatic rings. The van der Waals surface area contributed by atoms with Crippen LogP contribution in [0.5, 0.6) is 0 Å². The first kappa shape index (κ1) is 17.5. The van der Waals surface area contributed by atoms with Gasteiger partial charge in [0.2, 0.25) is 0 Å². The Labute approximate surface area is 134 Å². The molecule has 0 saturated carbocycles. The van der Waals surface area contributed by atoms with Crippen LogP contribution in [-0.2, 0) is 5.60 Å². The number of hydrogen-bond donors (Lipinski definition) is 1. The molecular formula is C19H21F3O. The molecule has 0 heterocycles. The summed E-state index contributed by atoms with van der Waals surface area (Å²) in [4.78, 5) is 0. The first-order valence-corrected chi connectivity index (χ1v) is 7.66. The maximum Gasteiger partial charge on any atom is 0.421 e. The lowest BCUT2D eigenvalue weighted by atomic mass is 9.87. The Balaban J connectivity index is 2.42. The van der Waals surface area contributed by atoms with E-state index < -0.39 is 11.8 Å². The van der Waals surface area contributed by atoms with Crippen molar-refractivity contribution in [1.82, 2.24) is 0 Å². The summed E-state index contributed by atoms with van der Waals surface area (Å²) in [5, 5.41) is 10.1. The van der Waals surface area contributed by atoms with Crippen LogP contribution in [0.4, 0.5) is 13.2 Å². The highest BCUT2D eigenvalue weighted by atomic mass is 19.4. The van der Waals surface area contributed by atoms with Gasteiger partial charge >= 0.3 is 6.18 Å². The lowest BCUT2D eigenvalue weighted by Crippen LogP contribution is -2.42. The predicted octanol–water partition coefficient (Wildman–Crippen LogP) is 5.52. The zero-order valence-electron chi connectivity index (χ0n) is 13.5. The Morgan fingerprint density at radius 1 is 0.957 bits per heavy atom. The van der Waals surface area contributed by atoms with E-state index in [0.29, 0.717) is 0 Å². The molecule has 2 aromatic carbocycles. The van der Waals surface area contributed by atoms with Gasteiger partial charge in [0, 0.05) is 0 Å². The zero-order chi connectivity index (χ0) is 17.3. The van der Waals surface area contributed by atoms with E-state index in [-0.39, 0.29) is 18.4 Å². The minimum atomic E-state index is -4.69. The third kappa shape index (κ3) is 3.42. The van der Waals surface area contributed by atoms with E-state index in [2.05, 4.69) is 0 Å². The second-order valence-electron chi connectivity index (χ2n) is 6.00. The Hall–Kier alpha value is -1.81. The van der Waals surface area contributed by atoms with Crippen LogP contribution in [0.25, 0.3) is 11.1 Å². The molecule has 4 heteroatoms. The number of rotatable bonds is 4. The van der Waals surface area contributed by atoms with E-state index in [1.54, 1.807) is 19.1 Å². The van der Waals surface area contributed by atoms with Crippen molar-refractivity contribution in [3.63, 3.8) is 0 Å². The summed E-state index contributed by atoms with van der Waals surface area (Å²) in [6.07, 6.45) is -4.79. The number of hydrogen-bond acceptors (Lipinski definition) is 1. The second-order valence-corrected chi connectivity index (χ2v) is 6.00. The Morgan fingerprint density at radius 2 is 1.57 bits per heavy atom. The quantitative estimate of drug-likeness (QED) is 0.786. The number of benzene rings is 2. The van der Waals surface area contributed by atoms with Gasteiger partial charge in [-0.05, 0) is 42.5 Å². The third-order valence-electron chi connectivity index (χ3n) is 4.14. The van der Waals surface area contributed by atoms with E-state index in [4.69, 9.17) is 0 Å². The average molecular weight is 322 g/mol. The predicted molar refractivity (Wildman–Crippen MR) is 86.2 cm³/mol.